The van der Waals surface area contributed by atoms with Crippen molar-refractivity contribution >= 4 is 12.4 Å². The summed E-state index contributed by atoms with van der Waals surface area (Å²) in [7, 11) is 0. The Hall–Kier alpha value is -0.740. The van der Waals surface area contributed by atoms with Gasteiger partial charge in [0.05, 0.1) is 5.56 Å². The number of nitrogens with one attached hydrogen (secondary N) is 1. The number of hydrogen-bond donors (Lipinski definition) is 1. The molecule has 0 heterocycles. The molecule has 1 saturated carbocycles. The maximum absolute atomic E-state index is 12.5. The highest BCUT2D eigenvalue weighted by Gasteiger charge is 2.30. The van der Waals surface area contributed by atoms with Crippen LogP contribution in [0.2, 0.25) is 0 Å². The SMILES string of the molecule is Cl.FC(F)(F)c1cccc(CNC2CCCC2)c1. The summed E-state index contributed by atoms with van der Waals surface area (Å²) in [4.78, 5) is 0. The van der Waals surface area contributed by atoms with Crippen LogP contribution in [-0.2, 0) is 12.7 Å². The first-order valence-electron chi connectivity index (χ1n) is 5.95. The molecule has 0 unspecified atom stereocenters. The van der Waals surface area contributed by atoms with Crippen LogP contribution in [0, 0.1) is 0 Å². The van der Waals surface area contributed by atoms with Crippen LogP contribution in [0.5, 0.6) is 0 Å². The quantitative estimate of drug-likeness (QED) is 0.876. The molecule has 1 aliphatic carbocycles. The van der Waals surface area contributed by atoms with Gasteiger partial charge >= 0.3 is 6.18 Å². The van der Waals surface area contributed by atoms with Crippen molar-refractivity contribution in [1.29, 1.82) is 0 Å². The van der Waals surface area contributed by atoms with Crippen molar-refractivity contribution in [3.05, 3.63) is 35.4 Å². The van der Waals surface area contributed by atoms with Crippen molar-refractivity contribution in [1.82, 2.24) is 5.32 Å². The maximum Gasteiger partial charge on any atom is 0.416 e. The standard InChI is InChI=1S/C13H16F3N.ClH/c14-13(15,16)11-5-3-4-10(8-11)9-17-12-6-1-2-7-12;/h3-5,8,12,17H,1-2,6-7,9H2;1H. The number of rotatable bonds is 3. The molecule has 102 valence electrons. The lowest BCUT2D eigenvalue weighted by Crippen LogP contribution is -2.25. The molecule has 1 aliphatic rings. The molecule has 1 nitrogen and oxygen atoms in total. The van der Waals surface area contributed by atoms with Crippen molar-refractivity contribution in [3.8, 4) is 0 Å². The monoisotopic (exact) mass is 279 g/mol. The summed E-state index contributed by atoms with van der Waals surface area (Å²) in [6, 6.07) is 6.01. The third-order valence-corrected chi connectivity index (χ3v) is 3.20. The second kappa shape index (κ2) is 6.43. The molecule has 0 amide bonds. The van der Waals surface area contributed by atoms with Crippen LogP contribution in [0.3, 0.4) is 0 Å². The summed E-state index contributed by atoms with van der Waals surface area (Å²) in [5.41, 5.74) is 0.134. The second-order valence-corrected chi connectivity index (χ2v) is 4.56. The molecule has 1 N–H and O–H groups in total. The molecule has 0 radical (unpaired) electrons. The van der Waals surface area contributed by atoms with Crippen LogP contribution in [0.15, 0.2) is 24.3 Å². The lowest BCUT2D eigenvalue weighted by atomic mass is 10.1. The predicted octanol–water partition coefficient (Wildman–Crippen LogP) is 4.16. The summed E-state index contributed by atoms with van der Waals surface area (Å²) in [5, 5.41) is 3.31. The highest BCUT2D eigenvalue weighted by molar-refractivity contribution is 5.85. The van der Waals surface area contributed by atoms with Crippen LogP contribution in [0.4, 0.5) is 13.2 Å². The van der Waals surface area contributed by atoms with Crippen LogP contribution in [0.1, 0.15) is 36.8 Å². The fraction of sp³-hybridized carbons (Fsp3) is 0.538. The average Bonchev–Trinajstić information content (AvgIpc) is 2.78. The average molecular weight is 280 g/mol. The van der Waals surface area contributed by atoms with Gasteiger partial charge in [0.1, 0.15) is 0 Å². The molecule has 0 saturated heterocycles. The Morgan fingerprint density at radius 2 is 1.83 bits per heavy atom. The Kier molecular flexibility index (Phi) is 5.47. The zero-order valence-corrected chi connectivity index (χ0v) is 10.8. The van der Waals surface area contributed by atoms with E-state index in [1.54, 1.807) is 6.07 Å². The summed E-state index contributed by atoms with van der Waals surface area (Å²) in [6.07, 6.45) is 0.474. The smallest absolute Gasteiger partial charge is 0.310 e. The van der Waals surface area contributed by atoms with Gasteiger partial charge in [0.25, 0.3) is 0 Å². The molecule has 5 heteroatoms. The summed E-state index contributed by atoms with van der Waals surface area (Å²) in [6.45, 7) is 0.522. The van der Waals surface area contributed by atoms with Crippen molar-refractivity contribution in [2.45, 2.75) is 44.4 Å². The first-order chi connectivity index (χ1) is 8.05. The minimum Gasteiger partial charge on any atom is -0.310 e. The van der Waals surface area contributed by atoms with E-state index in [0.717, 1.165) is 18.9 Å². The predicted molar refractivity (Wildman–Crippen MR) is 67.8 cm³/mol. The Labute approximate surface area is 111 Å². The zero-order chi connectivity index (χ0) is 12.3. The van der Waals surface area contributed by atoms with E-state index in [4.69, 9.17) is 0 Å². The summed E-state index contributed by atoms with van der Waals surface area (Å²) in [5.74, 6) is 0. The van der Waals surface area contributed by atoms with Gasteiger partial charge in [0.15, 0.2) is 0 Å². The molecule has 0 atom stereocenters. The lowest BCUT2D eigenvalue weighted by molar-refractivity contribution is -0.137. The van der Waals surface area contributed by atoms with E-state index in [-0.39, 0.29) is 12.4 Å². The summed E-state index contributed by atoms with van der Waals surface area (Å²) >= 11 is 0. The van der Waals surface area contributed by atoms with Gasteiger partial charge in [0.2, 0.25) is 0 Å². The van der Waals surface area contributed by atoms with Crippen LogP contribution in [-0.4, -0.2) is 6.04 Å². The van der Waals surface area contributed by atoms with E-state index in [1.807, 2.05) is 0 Å². The van der Waals surface area contributed by atoms with Crippen LogP contribution < -0.4 is 5.32 Å². The Morgan fingerprint density at radius 1 is 1.17 bits per heavy atom. The van der Waals surface area contributed by atoms with Crippen molar-refractivity contribution in [2.24, 2.45) is 0 Å². The minimum absolute atomic E-state index is 0. The largest absolute Gasteiger partial charge is 0.416 e. The third-order valence-electron chi connectivity index (χ3n) is 3.20. The highest BCUT2D eigenvalue weighted by atomic mass is 35.5. The maximum atomic E-state index is 12.5. The van der Waals surface area contributed by atoms with Gasteiger partial charge in [-0.2, -0.15) is 13.2 Å². The Morgan fingerprint density at radius 3 is 2.44 bits per heavy atom. The Bertz CT molecular complexity index is 373. The topological polar surface area (TPSA) is 12.0 Å². The van der Waals surface area contributed by atoms with Gasteiger partial charge < -0.3 is 5.32 Å². The third kappa shape index (κ3) is 4.18. The molecule has 1 aromatic rings. The fourth-order valence-electron chi connectivity index (χ4n) is 2.25. The van der Waals surface area contributed by atoms with Gasteiger partial charge in [0, 0.05) is 12.6 Å². The van der Waals surface area contributed by atoms with Gasteiger partial charge in [-0.25, -0.2) is 0 Å². The van der Waals surface area contributed by atoms with Crippen LogP contribution in [0.25, 0.3) is 0 Å². The van der Waals surface area contributed by atoms with Crippen LogP contribution >= 0.6 is 12.4 Å². The van der Waals surface area contributed by atoms with Gasteiger partial charge in [-0.3, -0.25) is 0 Å². The highest BCUT2D eigenvalue weighted by Crippen LogP contribution is 2.29. The minimum atomic E-state index is -4.25. The molecular formula is C13H17ClF3N. The molecule has 18 heavy (non-hydrogen) atoms. The normalized spacial score (nSPS) is 16.6. The van der Waals surface area contributed by atoms with Crippen molar-refractivity contribution in [2.75, 3.05) is 0 Å². The molecule has 0 aromatic heterocycles. The van der Waals surface area contributed by atoms with E-state index in [9.17, 15) is 13.2 Å². The van der Waals surface area contributed by atoms with Crippen molar-refractivity contribution < 1.29 is 13.2 Å². The fourth-order valence-corrected chi connectivity index (χ4v) is 2.25. The van der Waals surface area contributed by atoms with Gasteiger partial charge in [-0.1, -0.05) is 31.0 Å². The van der Waals surface area contributed by atoms with E-state index >= 15 is 0 Å². The lowest BCUT2D eigenvalue weighted by Gasteiger charge is -2.13. The van der Waals surface area contributed by atoms with E-state index in [0.29, 0.717) is 18.2 Å². The molecule has 0 spiro atoms. The van der Waals surface area contributed by atoms with E-state index in [1.165, 1.54) is 25.0 Å². The van der Waals surface area contributed by atoms with Gasteiger partial charge in [-0.15, -0.1) is 12.4 Å². The molecule has 0 bridgehead atoms. The number of hydrogen-bond acceptors (Lipinski definition) is 1. The zero-order valence-electron chi connectivity index (χ0n) is 9.96. The molecule has 0 aliphatic heterocycles. The summed E-state index contributed by atoms with van der Waals surface area (Å²) < 4.78 is 37.5. The molecule has 1 fully saturated rings. The van der Waals surface area contributed by atoms with Gasteiger partial charge in [-0.05, 0) is 24.5 Å². The number of halogens is 4. The second-order valence-electron chi connectivity index (χ2n) is 4.56. The first kappa shape index (κ1) is 15.3. The van der Waals surface area contributed by atoms with E-state index in [2.05, 4.69) is 5.32 Å². The molecular weight excluding hydrogens is 263 g/mol. The number of benzene rings is 1. The Balaban J connectivity index is 0.00000162. The van der Waals surface area contributed by atoms with Crippen molar-refractivity contribution in [3.63, 3.8) is 0 Å². The first-order valence-corrected chi connectivity index (χ1v) is 5.95. The van der Waals surface area contributed by atoms with E-state index < -0.39 is 11.7 Å². The molecule has 1 aromatic carbocycles. The number of alkyl halides is 3. The molecule has 2 rings (SSSR count).